The fourth-order valence-electron chi connectivity index (χ4n) is 3.43. The van der Waals surface area contributed by atoms with Gasteiger partial charge in [-0.1, -0.05) is 31.0 Å². The fourth-order valence-corrected chi connectivity index (χ4v) is 3.43. The summed E-state index contributed by atoms with van der Waals surface area (Å²) in [7, 11) is 0. The Morgan fingerprint density at radius 2 is 2.00 bits per heavy atom. The minimum Gasteiger partial charge on any atom is -0.391 e. The first-order valence-electron chi connectivity index (χ1n) is 8.47. The summed E-state index contributed by atoms with van der Waals surface area (Å²) >= 11 is 0. The van der Waals surface area contributed by atoms with Gasteiger partial charge in [0.1, 0.15) is 6.54 Å². The molecular weight excluding hydrogens is 306 g/mol. The van der Waals surface area contributed by atoms with Crippen molar-refractivity contribution >= 4 is 16.7 Å². The lowest BCUT2D eigenvalue weighted by molar-refractivity contribution is -0.122. The highest BCUT2D eigenvalue weighted by Crippen LogP contribution is 2.27. The number of carbonyl (C=O) groups excluding carboxylic acids is 1. The standard InChI is InChI=1S/C18H23N3O3/c1-12-14-8-4-5-9-15(14)18(24)21(20-12)11-17(23)19-10-16(22)13-6-2-3-7-13/h4-5,8-9,13,16,22H,2-3,6-7,10-11H2,1H3,(H,19,23). The SMILES string of the molecule is Cc1nn(CC(=O)NCC(O)C2CCCC2)c(=O)c2ccccc12. The largest absolute Gasteiger partial charge is 0.391 e. The van der Waals surface area contributed by atoms with Crippen molar-refractivity contribution in [2.24, 2.45) is 5.92 Å². The van der Waals surface area contributed by atoms with E-state index >= 15 is 0 Å². The molecule has 1 atom stereocenters. The van der Waals surface area contributed by atoms with Crippen molar-refractivity contribution < 1.29 is 9.90 Å². The summed E-state index contributed by atoms with van der Waals surface area (Å²) in [5.41, 5.74) is 0.437. The van der Waals surface area contributed by atoms with Gasteiger partial charge in [0.25, 0.3) is 5.56 Å². The number of fused-ring (bicyclic) bond motifs is 1. The summed E-state index contributed by atoms with van der Waals surface area (Å²) in [6.45, 7) is 1.91. The summed E-state index contributed by atoms with van der Waals surface area (Å²) in [4.78, 5) is 24.5. The van der Waals surface area contributed by atoms with Gasteiger partial charge >= 0.3 is 0 Å². The molecule has 0 radical (unpaired) electrons. The minimum absolute atomic E-state index is 0.137. The van der Waals surface area contributed by atoms with E-state index in [1.807, 2.05) is 19.1 Å². The average Bonchev–Trinajstić information content (AvgIpc) is 3.12. The number of hydrogen-bond donors (Lipinski definition) is 2. The molecule has 1 heterocycles. The lowest BCUT2D eigenvalue weighted by Gasteiger charge is -2.18. The van der Waals surface area contributed by atoms with Crippen LogP contribution in [0.25, 0.3) is 10.8 Å². The third-order valence-corrected chi connectivity index (χ3v) is 4.80. The monoisotopic (exact) mass is 329 g/mol. The van der Waals surface area contributed by atoms with Crippen LogP contribution >= 0.6 is 0 Å². The lowest BCUT2D eigenvalue weighted by Crippen LogP contribution is -2.39. The molecule has 1 amide bonds. The van der Waals surface area contributed by atoms with Crippen molar-refractivity contribution in [1.82, 2.24) is 15.1 Å². The van der Waals surface area contributed by atoms with Gasteiger partial charge in [-0.2, -0.15) is 5.10 Å². The first kappa shape index (κ1) is 16.6. The van der Waals surface area contributed by atoms with E-state index in [9.17, 15) is 14.7 Å². The van der Waals surface area contributed by atoms with Crippen molar-refractivity contribution in [1.29, 1.82) is 0 Å². The Labute approximate surface area is 140 Å². The van der Waals surface area contributed by atoms with Crippen molar-refractivity contribution in [2.45, 2.75) is 45.3 Å². The maximum atomic E-state index is 12.4. The van der Waals surface area contributed by atoms with Gasteiger partial charge in [0, 0.05) is 11.9 Å². The van der Waals surface area contributed by atoms with E-state index in [4.69, 9.17) is 0 Å². The Kier molecular flexibility index (Phi) is 4.94. The molecule has 6 heteroatoms. The molecule has 2 N–H and O–H groups in total. The first-order chi connectivity index (χ1) is 11.6. The number of carbonyl (C=O) groups is 1. The highest BCUT2D eigenvalue weighted by molar-refractivity contribution is 5.83. The number of aryl methyl sites for hydroxylation is 1. The fraction of sp³-hybridized carbons (Fsp3) is 0.500. The van der Waals surface area contributed by atoms with Gasteiger partial charge in [-0.05, 0) is 31.7 Å². The van der Waals surface area contributed by atoms with Crippen LogP contribution in [-0.4, -0.2) is 33.4 Å². The van der Waals surface area contributed by atoms with Crippen LogP contribution in [0.4, 0.5) is 0 Å². The Morgan fingerprint density at radius 3 is 2.71 bits per heavy atom. The van der Waals surface area contributed by atoms with Crippen LogP contribution in [-0.2, 0) is 11.3 Å². The Bertz CT molecular complexity index is 794. The Morgan fingerprint density at radius 1 is 1.33 bits per heavy atom. The van der Waals surface area contributed by atoms with Crippen LogP contribution < -0.4 is 10.9 Å². The van der Waals surface area contributed by atoms with Gasteiger partial charge in [0.05, 0.1) is 17.2 Å². The van der Waals surface area contributed by atoms with Gasteiger partial charge in [0.2, 0.25) is 5.91 Å². The summed E-state index contributed by atoms with van der Waals surface area (Å²) in [6.07, 6.45) is 3.81. The van der Waals surface area contributed by atoms with E-state index in [2.05, 4.69) is 10.4 Å². The molecule has 1 aliphatic carbocycles. The maximum absolute atomic E-state index is 12.4. The second kappa shape index (κ2) is 7.13. The third kappa shape index (κ3) is 3.48. The number of aromatic nitrogens is 2. The average molecular weight is 329 g/mol. The minimum atomic E-state index is -0.514. The molecule has 2 aromatic rings. The normalized spacial score (nSPS) is 16.4. The number of amides is 1. The van der Waals surface area contributed by atoms with Crippen LogP contribution in [0.2, 0.25) is 0 Å². The highest BCUT2D eigenvalue weighted by Gasteiger charge is 2.23. The predicted molar refractivity (Wildman–Crippen MR) is 91.7 cm³/mol. The Balaban J connectivity index is 1.67. The van der Waals surface area contributed by atoms with Crippen LogP contribution in [0.3, 0.4) is 0 Å². The molecule has 1 saturated carbocycles. The molecule has 3 rings (SSSR count). The molecule has 24 heavy (non-hydrogen) atoms. The van der Waals surface area contributed by atoms with Crippen LogP contribution in [0.1, 0.15) is 31.4 Å². The van der Waals surface area contributed by atoms with Crippen LogP contribution in [0.15, 0.2) is 29.1 Å². The number of hydrogen-bond acceptors (Lipinski definition) is 4. The molecular formula is C18H23N3O3. The molecule has 1 unspecified atom stereocenters. The topological polar surface area (TPSA) is 84.2 Å². The number of nitrogens with one attached hydrogen (secondary N) is 1. The summed E-state index contributed by atoms with van der Waals surface area (Å²) in [5, 5.41) is 18.4. The van der Waals surface area contributed by atoms with E-state index < -0.39 is 6.10 Å². The van der Waals surface area contributed by atoms with Gasteiger partial charge in [-0.3, -0.25) is 9.59 Å². The third-order valence-electron chi connectivity index (χ3n) is 4.80. The second-order valence-electron chi connectivity index (χ2n) is 6.51. The van der Waals surface area contributed by atoms with E-state index in [1.54, 1.807) is 12.1 Å². The van der Waals surface area contributed by atoms with Gasteiger partial charge in [-0.25, -0.2) is 4.68 Å². The molecule has 0 bridgehead atoms. The van der Waals surface area contributed by atoms with E-state index in [0.717, 1.165) is 31.1 Å². The van der Waals surface area contributed by atoms with Gasteiger partial charge in [0.15, 0.2) is 0 Å². The van der Waals surface area contributed by atoms with E-state index in [-0.39, 0.29) is 30.5 Å². The van der Waals surface area contributed by atoms with Crippen molar-refractivity contribution in [3.8, 4) is 0 Å². The molecule has 1 fully saturated rings. The molecule has 1 aromatic carbocycles. The molecule has 0 aliphatic heterocycles. The quantitative estimate of drug-likeness (QED) is 0.868. The number of nitrogens with zero attached hydrogens (tertiary/aromatic N) is 2. The zero-order valence-electron chi connectivity index (χ0n) is 13.9. The summed E-state index contributed by atoms with van der Waals surface area (Å²) < 4.78 is 1.19. The first-order valence-corrected chi connectivity index (χ1v) is 8.47. The second-order valence-corrected chi connectivity index (χ2v) is 6.51. The molecule has 128 valence electrons. The number of benzene rings is 1. The zero-order valence-corrected chi connectivity index (χ0v) is 13.9. The van der Waals surface area contributed by atoms with Gasteiger partial charge < -0.3 is 10.4 Å². The van der Waals surface area contributed by atoms with E-state index in [1.165, 1.54) is 4.68 Å². The highest BCUT2D eigenvalue weighted by atomic mass is 16.3. The molecule has 1 aromatic heterocycles. The molecule has 1 aliphatic rings. The number of aliphatic hydroxyl groups excluding tert-OH is 1. The van der Waals surface area contributed by atoms with Crippen LogP contribution in [0, 0.1) is 12.8 Å². The van der Waals surface area contributed by atoms with Gasteiger partial charge in [-0.15, -0.1) is 0 Å². The maximum Gasteiger partial charge on any atom is 0.275 e. The summed E-state index contributed by atoms with van der Waals surface area (Å²) in [5.74, 6) is -0.0367. The number of rotatable bonds is 5. The zero-order chi connectivity index (χ0) is 17.1. The van der Waals surface area contributed by atoms with Crippen molar-refractivity contribution in [3.63, 3.8) is 0 Å². The van der Waals surface area contributed by atoms with Crippen molar-refractivity contribution in [3.05, 3.63) is 40.3 Å². The number of aliphatic hydroxyl groups is 1. The Hall–Kier alpha value is -2.21. The predicted octanol–water partition coefficient (Wildman–Crippen LogP) is 1.37. The molecule has 0 spiro atoms. The molecule has 6 nitrogen and oxygen atoms in total. The molecule has 0 saturated heterocycles. The lowest BCUT2D eigenvalue weighted by atomic mass is 10.0. The van der Waals surface area contributed by atoms with Crippen molar-refractivity contribution in [2.75, 3.05) is 6.54 Å². The van der Waals surface area contributed by atoms with E-state index in [0.29, 0.717) is 11.1 Å². The smallest absolute Gasteiger partial charge is 0.275 e. The van der Waals surface area contributed by atoms with Crippen LogP contribution in [0.5, 0.6) is 0 Å². The summed E-state index contributed by atoms with van der Waals surface area (Å²) in [6, 6.07) is 7.25.